The zero-order chi connectivity index (χ0) is 11.9. The van der Waals surface area contributed by atoms with Gasteiger partial charge in [0.25, 0.3) is 0 Å². The van der Waals surface area contributed by atoms with Crippen LogP contribution in [0.4, 0.5) is 4.48 Å². The number of rotatable bonds is 1. The minimum atomic E-state index is -4.78. The molecule has 0 radical (unpaired) electrons. The third-order valence-corrected chi connectivity index (χ3v) is 2.80. The second-order valence-electron chi connectivity index (χ2n) is 4.27. The second-order valence-corrected chi connectivity index (χ2v) is 5.60. The molecular weight excluding hydrogens is 221 g/mol. The lowest BCUT2D eigenvalue weighted by molar-refractivity contribution is -0.874. The Morgan fingerprint density at radius 2 is 1.93 bits per heavy atom. The van der Waals surface area contributed by atoms with Crippen LogP contribution in [-0.4, -0.2) is 13.0 Å². The number of nitrogens with zero attached hydrogens (tertiary/aromatic N) is 1. The van der Waals surface area contributed by atoms with Gasteiger partial charge in [-0.15, -0.1) is 0 Å². The van der Waals surface area contributed by atoms with Gasteiger partial charge in [0.05, 0.1) is 4.48 Å². The van der Waals surface area contributed by atoms with Crippen molar-refractivity contribution in [2.24, 2.45) is 0 Å². The molecule has 0 spiro atoms. The molecule has 15 heavy (non-hydrogen) atoms. The summed E-state index contributed by atoms with van der Waals surface area (Å²) in [7, 11) is -4.78. The van der Waals surface area contributed by atoms with Crippen LogP contribution >= 0.6 is 0 Å². The lowest BCUT2D eigenvalue weighted by Gasteiger charge is -2.18. The fourth-order valence-electron chi connectivity index (χ4n) is 1.11. The SMILES string of the molecule is CC(C)(C)c1cc[n+](F)c(S(=O)(=O)[O-])c1. The Balaban J connectivity index is 3.43. The standard InChI is InChI=1S/C9H12FNO3S/c1-9(2,3)7-4-5-11(10)8(6-7)15(12,13)14/h4-6H,1-3H3. The van der Waals surface area contributed by atoms with E-state index in [2.05, 4.69) is 0 Å². The summed E-state index contributed by atoms with van der Waals surface area (Å²) in [5.74, 6) is 0. The first kappa shape index (κ1) is 12.1. The molecule has 4 nitrogen and oxygen atoms in total. The smallest absolute Gasteiger partial charge is 0.331 e. The van der Waals surface area contributed by atoms with Crippen LogP contribution in [0.2, 0.25) is 0 Å². The van der Waals surface area contributed by atoms with E-state index < -0.39 is 15.1 Å². The van der Waals surface area contributed by atoms with Crippen molar-refractivity contribution < 1.29 is 22.2 Å². The Labute approximate surface area is 88.1 Å². The normalized spacial score (nSPS) is 12.9. The lowest BCUT2D eigenvalue weighted by Crippen LogP contribution is -2.31. The average molecular weight is 233 g/mol. The van der Waals surface area contributed by atoms with Gasteiger partial charge < -0.3 is 4.55 Å². The van der Waals surface area contributed by atoms with E-state index in [0.29, 0.717) is 5.56 Å². The van der Waals surface area contributed by atoms with Crippen LogP contribution in [-0.2, 0) is 15.5 Å². The number of hydrogen-bond donors (Lipinski definition) is 0. The van der Waals surface area contributed by atoms with Gasteiger partial charge in [-0.25, -0.2) is 8.42 Å². The molecule has 1 aromatic heterocycles. The van der Waals surface area contributed by atoms with Gasteiger partial charge in [-0.3, -0.25) is 0 Å². The van der Waals surface area contributed by atoms with Crippen LogP contribution in [0, 0.1) is 0 Å². The summed E-state index contributed by atoms with van der Waals surface area (Å²) in [5.41, 5.74) is 0.249. The molecule has 1 aromatic rings. The van der Waals surface area contributed by atoms with Gasteiger partial charge in [0.2, 0.25) is 6.20 Å². The molecule has 0 N–H and O–H groups in total. The predicted octanol–water partition coefficient (Wildman–Crippen LogP) is 0.908. The zero-order valence-corrected chi connectivity index (χ0v) is 9.51. The van der Waals surface area contributed by atoms with E-state index in [9.17, 15) is 17.5 Å². The Hall–Kier alpha value is -1.01. The Morgan fingerprint density at radius 1 is 1.40 bits per heavy atom. The van der Waals surface area contributed by atoms with Crippen LogP contribution < -0.4 is 4.79 Å². The minimum absolute atomic E-state index is 0.183. The first-order valence-corrected chi connectivity index (χ1v) is 5.71. The molecule has 0 atom stereocenters. The molecule has 6 heteroatoms. The van der Waals surface area contributed by atoms with Crippen LogP contribution in [0.25, 0.3) is 0 Å². The highest BCUT2D eigenvalue weighted by molar-refractivity contribution is 7.85. The lowest BCUT2D eigenvalue weighted by atomic mass is 9.88. The quantitative estimate of drug-likeness (QED) is 0.677. The van der Waals surface area contributed by atoms with Crippen LogP contribution in [0.5, 0.6) is 0 Å². The largest absolute Gasteiger partial charge is 0.739 e. The molecule has 1 heterocycles. The maximum Gasteiger partial charge on any atom is 0.331 e. The van der Waals surface area contributed by atoms with E-state index in [1.54, 1.807) is 0 Å². The number of pyridine rings is 1. The monoisotopic (exact) mass is 233 g/mol. The van der Waals surface area contributed by atoms with Crippen molar-refractivity contribution in [1.82, 2.24) is 0 Å². The highest BCUT2D eigenvalue weighted by Gasteiger charge is 2.23. The van der Waals surface area contributed by atoms with Gasteiger partial charge in [-0.2, -0.15) is 0 Å². The molecule has 1 rings (SSSR count). The minimum Gasteiger partial charge on any atom is -0.739 e. The Bertz CT molecular complexity index is 477. The molecule has 0 aliphatic rings. The van der Waals surface area contributed by atoms with Crippen LogP contribution in [0.15, 0.2) is 23.4 Å². The summed E-state index contributed by atoms with van der Waals surface area (Å²) < 4.78 is 45.1. The first-order valence-electron chi connectivity index (χ1n) is 4.30. The fraction of sp³-hybridized carbons (Fsp3) is 0.444. The summed E-state index contributed by atoms with van der Waals surface area (Å²) in [4.78, 5) is -0.183. The van der Waals surface area contributed by atoms with Gasteiger partial charge in [-0.1, -0.05) is 20.8 Å². The van der Waals surface area contributed by atoms with Crippen molar-refractivity contribution in [3.63, 3.8) is 0 Å². The van der Waals surface area contributed by atoms with Crippen molar-refractivity contribution in [3.8, 4) is 0 Å². The van der Waals surface area contributed by atoms with Crippen molar-refractivity contribution in [3.05, 3.63) is 23.9 Å². The van der Waals surface area contributed by atoms with E-state index in [-0.39, 0.29) is 10.2 Å². The Morgan fingerprint density at radius 3 is 2.33 bits per heavy atom. The van der Waals surface area contributed by atoms with Crippen LogP contribution in [0.1, 0.15) is 26.3 Å². The topological polar surface area (TPSA) is 61.1 Å². The average Bonchev–Trinajstić information content (AvgIpc) is 2.00. The summed E-state index contributed by atoms with van der Waals surface area (Å²) in [6.07, 6.45) is 0.922. The maximum absolute atomic E-state index is 13.0. The fourth-order valence-corrected chi connectivity index (χ4v) is 1.65. The van der Waals surface area contributed by atoms with E-state index in [1.807, 2.05) is 20.8 Å². The van der Waals surface area contributed by atoms with E-state index >= 15 is 0 Å². The van der Waals surface area contributed by atoms with Crippen molar-refractivity contribution in [2.75, 3.05) is 0 Å². The second kappa shape index (κ2) is 3.53. The molecule has 0 saturated heterocycles. The van der Waals surface area contributed by atoms with Gasteiger partial charge >= 0.3 is 5.03 Å². The van der Waals surface area contributed by atoms with Crippen LogP contribution in [0.3, 0.4) is 0 Å². The number of hydrogen-bond acceptors (Lipinski definition) is 3. The third-order valence-electron chi connectivity index (χ3n) is 2.00. The Kier molecular flexibility index (Phi) is 2.84. The number of halogens is 1. The molecule has 0 unspecified atom stereocenters. The number of aromatic nitrogens is 1. The predicted molar refractivity (Wildman–Crippen MR) is 49.8 cm³/mol. The molecule has 84 valence electrons. The molecular formula is C9H12FNO3S. The van der Waals surface area contributed by atoms with Crippen molar-refractivity contribution >= 4 is 10.1 Å². The van der Waals surface area contributed by atoms with E-state index in [0.717, 1.165) is 12.3 Å². The van der Waals surface area contributed by atoms with E-state index in [1.165, 1.54) is 6.07 Å². The van der Waals surface area contributed by atoms with Gasteiger partial charge in [0, 0.05) is 16.9 Å². The van der Waals surface area contributed by atoms with E-state index in [4.69, 9.17) is 0 Å². The molecule has 0 aromatic carbocycles. The highest BCUT2D eigenvalue weighted by atomic mass is 32.2. The highest BCUT2D eigenvalue weighted by Crippen LogP contribution is 2.22. The van der Waals surface area contributed by atoms with Gasteiger partial charge in [0.1, 0.15) is 0 Å². The molecule has 0 amide bonds. The molecule has 0 saturated carbocycles. The summed E-state index contributed by atoms with van der Waals surface area (Å²) in [6, 6.07) is 2.50. The zero-order valence-electron chi connectivity index (χ0n) is 8.69. The van der Waals surface area contributed by atoms with Crippen molar-refractivity contribution in [2.45, 2.75) is 31.2 Å². The summed E-state index contributed by atoms with van der Waals surface area (Å²) in [6.45, 7) is 5.52. The molecule has 0 fully saturated rings. The molecule has 0 aliphatic carbocycles. The van der Waals surface area contributed by atoms with Gasteiger partial charge in [0.15, 0.2) is 10.1 Å². The molecule has 0 aliphatic heterocycles. The summed E-state index contributed by atoms with van der Waals surface area (Å²) >= 11 is 0. The van der Waals surface area contributed by atoms with Crippen molar-refractivity contribution in [1.29, 1.82) is 0 Å². The third kappa shape index (κ3) is 2.73. The maximum atomic E-state index is 13.0. The molecule has 0 bridgehead atoms. The summed E-state index contributed by atoms with van der Waals surface area (Å²) in [5, 5.41) is -0.866. The van der Waals surface area contributed by atoms with Gasteiger partial charge in [-0.05, 0) is 11.0 Å². The first-order chi connectivity index (χ1) is 6.62.